The Hall–Kier alpha value is -2.17. The van der Waals surface area contributed by atoms with Crippen molar-refractivity contribution < 1.29 is 18.8 Å². The second-order valence-corrected chi connectivity index (χ2v) is 6.78. The number of aryl methyl sites for hydroxylation is 1. The number of hydrogen-bond acceptors (Lipinski definition) is 4. The number of hydrogen-bond donors (Lipinski definition) is 0. The minimum atomic E-state index is -0.561. The number of thiazole rings is 1. The molecule has 1 atom stereocenters. The molecular formula is C17H19N3O3S. The van der Waals surface area contributed by atoms with Crippen molar-refractivity contribution in [1.82, 2.24) is 4.98 Å². The van der Waals surface area contributed by atoms with Gasteiger partial charge in [0.15, 0.2) is 5.70 Å². The molecule has 1 aromatic rings. The Morgan fingerprint density at radius 2 is 2.46 bits per heavy atom. The highest BCUT2D eigenvalue weighted by atomic mass is 32.1. The van der Waals surface area contributed by atoms with Crippen molar-refractivity contribution in [2.75, 3.05) is 13.7 Å². The Morgan fingerprint density at radius 1 is 1.58 bits per heavy atom. The molecule has 1 amide bonds. The average molecular weight is 345 g/mol. The number of carbonyl (C=O) groups is 1. The summed E-state index contributed by atoms with van der Waals surface area (Å²) in [5.41, 5.74) is 1.88. The Kier molecular flexibility index (Phi) is 5.28. The second kappa shape index (κ2) is 7.60. The first-order valence-electron chi connectivity index (χ1n) is 7.94. The molecule has 2 heterocycles. The minimum Gasteiger partial charge on any atom is -0.639 e. The molecule has 0 saturated heterocycles. The van der Waals surface area contributed by atoms with Gasteiger partial charge in [0.2, 0.25) is 0 Å². The fourth-order valence-corrected chi connectivity index (χ4v) is 3.75. The van der Waals surface area contributed by atoms with Crippen LogP contribution in [0.15, 0.2) is 5.70 Å². The lowest BCUT2D eigenvalue weighted by Crippen LogP contribution is -2.29. The molecule has 0 N–H and O–H groups in total. The number of aromatic nitrogens is 1. The molecule has 0 radical (unpaired) electrons. The molecule has 0 fully saturated rings. The topological polar surface area (TPSA) is 76.4 Å². The zero-order valence-electron chi connectivity index (χ0n) is 13.5. The number of methoxy groups -OCH3 is 1. The first-order chi connectivity index (χ1) is 11.7. The van der Waals surface area contributed by atoms with Crippen molar-refractivity contribution in [3.63, 3.8) is 0 Å². The van der Waals surface area contributed by atoms with Crippen molar-refractivity contribution in [3.8, 4) is 6.07 Å². The van der Waals surface area contributed by atoms with Gasteiger partial charge in [-0.1, -0.05) is 0 Å². The van der Waals surface area contributed by atoms with Gasteiger partial charge in [-0.2, -0.15) is 5.26 Å². The normalized spacial score (nSPS) is 19.0. The molecule has 0 spiro atoms. The number of ether oxygens (including phenoxy) is 2. The molecule has 7 heteroatoms. The average Bonchev–Trinajstić information content (AvgIpc) is 3.15. The van der Waals surface area contributed by atoms with E-state index in [1.807, 2.05) is 12.5 Å². The van der Waals surface area contributed by atoms with E-state index >= 15 is 0 Å². The number of carbonyl (C=O) groups excluding carboxylic acids is 1. The number of allylic oxidation sites excluding steroid dienone is 1. The minimum absolute atomic E-state index is 0.0961. The standard InChI is InChI=1S/C17H19N3O3S/c1-22-10-14-17(21)20(11-23-14)12-6-7-13-15(9-12)24-16(19-13)5-3-2-4-8-18/h7,9,11,14H,2-6,10H2,1H3/t14-/m0/s1. The molecular weight excluding hydrogens is 326 g/mol. The molecule has 6 nitrogen and oxygen atoms in total. The van der Waals surface area contributed by atoms with Gasteiger partial charge in [-0.3, -0.25) is 0 Å². The van der Waals surface area contributed by atoms with Crippen molar-refractivity contribution in [1.29, 1.82) is 5.26 Å². The van der Waals surface area contributed by atoms with Gasteiger partial charge in [-0.05, 0) is 25.3 Å². The Bertz CT molecular complexity index is 730. The van der Waals surface area contributed by atoms with Crippen LogP contribution in [-0.4, -0.2) is 36.7 Å². The third kappa shape index (κ3) is 3.50. The van der Waals surface area contributed by atoms with Gasteiger partial charge in [0.05, 0.1) is 33.9 Å². The highest BCUT2D eigenvalue weighted by molar-refractivity contribution is 7.12. The zero-order valence-corrected chi connectivity index (χ0v) is 14.3. The highest BCUT2D eigenvalue weighted by Crippen LogP contribution is 2.31. The zero-order chi connectivity index (χ0) is 16.9. The summed E-state index contributed by atoms with van der Waals surface area (Å²) in [6.45, 7) is 0.251. The Morgan fingerprint density at radius 3 is 3.25 bits per heavy atom. The molecule has 1 aliphatic heterocycles. The van der Waals surface area contributed by atoms with Crippen LogP contribution in [0, 0.1) is 17.8 Å². The number of fused-ring (bicyclic) bond motifs is 1. The Balaban J connectivity index is 1.68. The van der Waals surface area contributed by atoms with Crippen LogP contribution >= 0.6 is 11.3 Å². The third-order valence-electron chi connectivity index (χ3n) is 3.93. The molecule has 0 unspecified atom stereocenters. The van der Waals surface area contributed by atoms with Gasteiger partial charge in [0.1, 0.15) is 0 Å². The summed E-state index contributed by atoms with van der Waals surface area (Å²) >= 11 is 1.65. The van der Waals surface area contributed by atoms with Crippen LogP contribution in [0.25, 0.3) is 6.08 Å². The van der Waals surface area contributed by atoms with Gasteiger partial charge in [-0.25, -0.2) is 16.9 Å². The summed E-state index contributed by atoms with van der Waals surface area (Å²) in [4.78, 5) is 18.0. The largest absolute Gasteiger partial charge is 0.639 e. The van der Waals surface area contributed by atoms with Crippen LogP contribution in [0.4, 0.5) is 0 Å². The second-order valence-electron chi connectivity index (χ2n) is 5.66. The maximum Gasteiger partial charge on any atom is 0.438 e. The number of nitriles is 1. The molecule has 126 valence electrons. The molecule has 1 aliphatic carbocycles. The van der Waals surface area contributed by atoms with Gasteiger partial charge in [0.25, 0.3) is 6.10 Å². The summed E-state index contributed by atoms with van der Waals surface area (Å²) in [7, 11) is 1.55. The van der Waals surface area contributed by atoms with Gasteiger partial charge in [-0.15, -0.1) is 4.58 Å². The number of rotatable bonds is 7. The van der Waals surface area contributed by atoms with E-state index in [1.54, 1.807) is 23.0 Å². The van der Waals surface area contributed by atoms with E-state index in [1.165, 1.54) is 6.40 Å². The Labute approximate surface area is 145 Å². The first kappa shape index (κ1) is 16.7. The maximum absolute atomic E-state index is 12.3. The fourth-order valence-electron chi connectivity index (χ4n) is 2.68. The van der Waals surface area contributed by atoms with Crippen molar-refractivity contribution in [2.45, 2.75) is 38.2 Å². The van der Waals surface area contributed by atoms with E-state index in [0.29, 0.717) is 12.8 Å². The van der Waals surface area contributed by atoms with Gasteiger partial charge < -0.3 is 14.5 Å². The lowest BCUT2D eigenvalue weighted by atomic mass is 10.1. The van der Waals surface area contributed by atoms with E-state index < -0.39 is 6.10 Å². The van der Waals surface area contributed by atoms with Crippen molar-refractivity contribution >= 4 is 29.7 Å². The van der Waals surface area contributed by atoms with E-state index in [0.717, 1.165) is 40.5 Å². The summed E-state index contributed by atoms with van der Waals surface area (Å²) in [5, 5.41) is 9.65. The quantitative estimate of drug-likeness (QED) is 0.327. The van der Waals surface area contributed by atoms with Crippen LogP contribution in [0.5, 0.6) is 0 Å². The third-order valence-corrected chi connectivity index (χ3v) is 5.01. The number of nitrogens with zero attached hydrogens (tertiary/aromatic N) is 3. The van der Waals surface area contributed by atoms with Crippen LogP contribution in [0.2, 0.25) is 0 Å². The molecule has 2 aliphatic rings. The van der Waals surface area contributed by atoms with E-state index in [4.69, 9.17) is 14.7 Å². The van der Waals surface area contributed by atoms with E-state index in [-0.39, 0.29) is 12.5 Å². The van der Waals surface area contributed by atoms with Crippen LogP contribution in [0.1, 0.15) is 41.3 Å². The predicted octanol–water partition coefficient (Wildman–Crippen LogP) is 2.13. The summed E-state index contributed by atoms with van der Waals surface area (Å²) in [5.74, 6) is -0.0961. The number of unbranched alkanes of at least 4 members (excludes halogenated alkanes) is 2. The summed E-state index contributed by atoms with van der Waals surface area (Å²) in [6.07, 6.45) is 8.98. The van der Waals surface area contributed by atoms with Crippen LogP contribution < -0.4 is 4.98 Å². The molecule has 0 bridgehead atoms. The monoisotopic (exact) mass is 345 g/mol. The molecule has 0 aromatic carbocycles. The van der Waals surface area contributed by atoms with E-state index in [9.17, 15) is 4.79 Å². The molecule has 0 saturated carbocycles. The molecule has 1 aromatic heterocycles. The molecule has 24 heavy (non-hydrogen) atoms. The lowest BCUT2D eigenvalue weighted by molar-refractivity contribution is -0.392. The van der Waals surface area contributed by atoms with Crippen molar-refractivity contribution in [2.24, 2.45) is 0 Å². The summed E-state index contributed by atoms with van der Waals surface area (Å²) < 4.78 is 11.9. The summed E-state index contributed by atoms with van der Waals surface area (Å²) in [6, 6.07) is 2.16. The van der Waals surface area contributed by atoms with Gasteiger partial charge in [0, 0.05) is 20.0 Å². The number of amides is 1. The molecule has 3 rings (SSSR count). The smallest absolute Gasteiger partial charge is 0.438 e. The van der Waals surface area contributed by atoms with Gasteiger partial charge >= 0.3 is 12.3 Å². The SMILES string of the molecule is COC[C@@H]1OC=[N+](C2=Cc3[s+]c(CCCCC#N)[n-]c3[CH-]C2)C1=O. The maximum atomic E-state index is 12.3. The predicted molar refractivity (Wildman–Crippen MR) is 89.3 cm³/mol. The van der Waals surface area contributed by atoms with Crippen LogP contribution in [0.3, 0.4) is 0 Å². The van der Waals surface area contributed by atoms with Crippen LogP contribution in [-0.2, 0) is 20.7 Å². The highest BCUT2D eigenvalue weighted by Gasteiger charge is 2.39. The fraction of sp³-hybridized carbons (Fsp3) is 0.471. The van der Waals surface area contributed by atoms with E-state index in [2.05, 4.69) is 11.1 Å². The van der Waals surface area contributed by atoms with Crippen molar-refractivity contribution in [3.05, 3.63) is 27.7 Å². The first-order valence-corrected chi connectivity index (χ1v) is 8.76. The lowest BCUT2D eigenvalue weighted by Gasteiger charge is -2.18.